The van der Waals surface area contributed by atoms with Gasteiger partial charge in [-0.15, -0.1) is 0 Å². The Balaban J connectivity index is 2.20. The summed E-state index contributed by atoms with van der Waals surface area (Å²) in [5.74, 6) is 0.538. The quantitative estimate of drug-likeness (QED) is 0.668. The second-order valence-electron chi connectivity index (χ2n) is 4.32. The predicted octanol–water partition coefficient (Wildman–Crippen LogP) is 2.78. The Labute approximate surface area is 110 Å². The molecule has 0 bridgehead atoms. The van der Waals surface area contributed by atoms with Crippen LogP contribution >= 0.6 is 12.2 Å². The molecule has 0 radical (unpaired) electrons. The number of H-pyrrole nitrogens is 1. The normalized spacial score (nSPS) is 19.3. The van der Waals surface area contributed by atoms with Crippen molar-refractivity contribution in [3.63, 3.8) is 0 Å². The van der Waals surface area contributed by atoms with E-state index in [2.05, 4.69) is 31.7 Å². The van der Waals surface area contributed by atoms with Gasteiger partial charge in [-0.3, -0.25) is 4.57 Å². The number of hydrogen-bond donors (Lipinski definition) is 1. The highest BCUT2D eigenvalue weighted by Crippen LogP contribution is 2.29. The molecule has 1 aliphatic rings. The second-order valence-corrected chi connectivity index (χ2v) is 4.71. The molecular weight excluding hydrogens is 248 g/mol. The van der Waals surface area contributed by atoms with Crippen LogP contribution in [0.25, 0.3) is 11.2 Å². The van der Waals surface area contributed by atoms with Crippen molar-refractivity contribution in [1.82, 2.24) is 19.5 Å². The molecule has 0 aliphatic heterocycles. The highest BCUT2D eigenvalue weighted by molar-refractivity contribution is 7.71. The van der Waals surface area contributed by atoms with Crippen LogP contribution < -0.4 is 4.74 Å². The Morgan fingerprint density at radius 2 is 2.33 bits per heavy atom. The molecule has 0 spiro atoms. The van der Waals surface area contributed by atoms with E-state index < -0.39 is 0 Å². The van der Waals surface area contributed by atoms with E-state index in [1.807, 2.05) is 0 Å². The van der Waals surface area contributed by atoms with E-state index in [0.717, 1.165) is 30.4 Å². The lowest BCUT2D eigenvalue weighted by Crippen LogP contribution is -2.11. The average Bonchev–Trinajstić information content (AvgIpc) is 2.75. The number of ether oxygens (including phenoxy) is 1. The Morgan fingerprint density at radius 3 is 3.06 bits per heavy atom. The molecule has 1 unspecified atom stereocenters. The molecule has 1 aliphatic carbocycles. The summed E-state index contributed by atoms with van der Waals surface area (Å²) in [5.41, 5.74) is 1.60. The molecule has 2 aromatic rings. The molecule has 18 heavy (non-hydrogen) atoms. The number of rotatable bonds is 2. The van der Waals surface area contributed by atoms with Gasteiger partial charge in [0.1, 0.15) is 11.8 Å². The van der Waals surface area contributed by atoms with Crippen LogP contribution in [-0.4, -0.2) is 26.6 Å². The minimum absolute atomic E-state index is 0.371. The van der Waals surface area contributed by atoms with Gasteiger partial charge < -0.3 is 9.72 Å². The van der Waals surface area contributed by atoms with Gasteiger partial charge >= 0.3 is 0 Å². The maximum absolute atomic E-state index is 5.40. The van der Waals surface area contributed by atoms with Crippen molar-refractivity contribution in [2.24, 2.45) is 0 Å². The monoisotopic (exact) mass is 262 g/mol. The molecule has 0 saturated carbocycles. The summed E-state index contributed by atoms with van der Waals surface area (Å²) in [5, 5.41) is 0. The maximum atomic E-state index is 5.40. The molecule has 2 heterocycles. The summed E-state index contributed by atoms with van der Waals surface area (Å²) in [7, 11) is 1.60. The zero-order valence-electron chi connectivity index (χ0n) is 10.1. The number of imidazole rings is 1. The van der Waals surface area contributed by atoms with Gasteiger partial charge in [0.2, 0.25) is 5.88 Å². The first-order valence-corrected chi connectivity index (χ1v) is 6.36. The van der Waals surface area contributed by atoms with Gasteiger partial charge in [0, 0.05) is 6.04 Å². The molecular formula is C12H14N4OS. The molecule has 5 nitrogen and oxygen atoms in total. The minimum atomic E-state index is 0.371. The standard InChI is InChI=1S/C12H14N4OS/c1-17-11-9-10(13-7-14-11)16(12(18)15-9)8-5-3-2-4-6-8/h2-3,7-8H,4-6H2,1H3,(H,15,18). The highest BCUT2D eigenvalue weighted by Gasteiger charge is 2.18. The second kappa shape index (κ2) is 4.53. The third-order valence-corrected chi connectivity index (χ3v) is 3.57. The number of nitrogens with zero attached hydrogens (tertiary/aromatic N) is 3. The van der Waals surface area contributed by atoms with E-state index in [4.69, 9.17) is 17.0 Å². The lowest BCUT2D eigenvalue weighted by molar-refractivity contribution is 0.401. The van der Waals surface area contributed by atoms with Gasteiger partial charge in [-0.25, -0.2) is 4.98 Å². The van der Waals surface area contributed by atoms with Crippen molar-refractivity contribution in [1.29, 1.82) is 0 Å². The van der Waals surface area contributed by atoms with Crippen LogP contribution in [-0.2, 0) is 0 Å². The Bertz CT molecular complexity index is 658. The SMILES string of the molecule is COc1ncnc2c1[nH]c(=S)n2C1CC=CCC1. The summed E-state index contributed by atoms with van der Waals surface area (Å²) in [6.45, 7) is 0. The predicted molar refractivity (Wildman–Crippen MR) is 71.3 cm³/mol. The lowest BCUT2D eigenvalue weighted by atomic mass is 10.0. The largest absolute Gasteiger partial charge is 0.479 e. The topological polar surface area (TPSA) is 55.7 Å². The van der Waals surface area contributed by atoms with E-state index >= 15 is 0 Å². The van der Waals surface area contributed by atoms with E-state index in [1.165, 1.54) is 6.33 Å². The fraction of sp³-hybridized carbons (Fsp3) is 0.417. The molecule has 0 saturated heterocycles. The van der Waals surface area contributed by atoms with Crippen molar-refractivity contribution in [2.75, 3.05) is 7.11 Å². The van der Waals surface area contributed by atoms with Gasteiger partial charge in [0.05, 0.1) is 7.11 Å². The number of allylic oxidation sites excluding steroid dienone is 2. The first kappa shape index (κ1) is 11.4. The first-order chi connectivity index (χ1) is 8.81. The number of nitrogens with one attached hydrogen (secondary N) is 1. The summed E-state index contributed by atoms with van der Waals surface area (Å²) >= 11 is 5.40. The van der Waals surface area contributed by atoms with Crippen LogP contribution in [0.5, 0.6) is 5.88 Å². The Kier molecular flexibility index (Phi) is 2.87. The summed E-state index contributed by atoms with van der Waals surface area (Å²) in [4.78, 5) is 11.6. The molecule has 3 rings (SSSR count). The smallest absolute Gasteiger partial charge is 0.242 e. The Morgan fingerprint density at radius 1 is 1.44 bits per heavy atom. The maximum Gasteiger partial charge on any atom is 0.242 e. The van der Waals surface area contributed by atoms with Crippen LogP contribution in [0.2, 0.25) is 0 Å². The van der Waals surface area contributed by atoms with Crippen LogP contribution in [0.3, 0.4) is 0 Å². The molecule has 94 valence electrons. The van der Waals surface area contributed by atoms with Crippen LogP contribution in [0.1, 0.15) is 25.3 Å². The molecule has 1 atom stereocenters. The van der Waals surface area contributed by atoms with Crippen LogP contribution in [0.4, 0.5) is 0 Å². The van der Waals surface area contributed by atoms with E-state index in [0.29, 0.717) is 16.7 Å². The molecule has 6 heteroatoms. The molecule has 0 fully saturated rings. The van der Waals surface area contributed by atoms with Gasteiger partial charge in [-0.2, -0.15) is 4.98 Å². The highest BCUT2D eigenvalue weighted by atomic mass is 32.1. The van der Waals surface area contributed by atoms with Crippen molar-refractivity contribution in [2.45, 2.75) is 25.3 Å². The van der Waals surface area contributed by atoms with Gasteiger partial charge in [0.15, 0.2) is 10.4 Å². The first-order valence-electron chi connectivity index (χ1n) is 5.95. The van der Waals surface area contributed by atoms with Crippen LogP contribution in [0, 0.1) is 4.77 Å². The van der Waals surface area contributed by atoms with Crippen molar-refractivity contribution in [3.8, 4) is 5.88 Å². The van der Waals surface area contributed by atoms with E-state index in [1.54, 1.807) is 7.11 Å². The minimum Gasteiger partial charge on any atom is -0.479 e. The zero-order valence-corrected chi connectivity index (χ0v) is 10.9. The number of hydrogen-bond acceptors (Lipinski definition) is 4. The van der Waals surface area contributed by atoms with Crippen molar-refractivity contribution in [3.05, 3.63) is 23.3 Å². The fourth-order valence-electron chi connectivity index (χ4n) is 2.42. The molecule has 1 N–H and O–H groups in total. The molecule has 2 aromatic heterocycles. The fourth-order valence-corrected chi connectivity index (χ4v) is 2.76. The van der Waals surface area contributed by atoms with Crippen molar-refractivity contribution >= 4 is 23.4 Å². The third kappa shape index (κ3) is 1.73. The molecule has 0 amide bonds. The zero-order chi connectivity index (χ0) is 12.5. The number of methoxy groups -OCH3 is 1. The number of aromatic nitrogens is 4. The van der Waals surface area contributed by atoms with Gasteiger partial charge in [-0.1, -0.05) is 12.2 Å². The average molecular weight is 262 g/mol. The van der Waals surface area contributed by atoms with E-state index in [9.17, 15) is 0 Å². The summed E-state index contributed by atoms with van der Waals surface area (Å²) in [6.07, 6.45) is 9.09. The summed E-state index contributed by atoms with van der Waals surface area (Å²) in [6, 6.07) is 0.371. The third-order valence-electron chi connectivity index (χ3n) is 3.27. The Hall–Kier alpha value is -1.69. The molecule has 0 aromatic carbocycles. The number of fused-ring (bicyclic) bond motifs is 1. The summed E-state index contributed by atoms with van der Waals surface area (Å²) < 4.78 is 7.99. The van der Waals surface area contributed by atoms with E-state index in [-0.39, 0.29) is 0 Å². The number of aromatic amines is 1. The van der Waals surface area contributed by atoms with Gasteiger partial charge in [-0.05, 0) is 31.5 Å². The van der Waals surface area contributed by atoms with Crippen LogP contribution in [0.15, 0.2) is 18.5 Å². The van der Waals surface area contributed by atoms with Gasteiger partial charge in [0.25, 0.3) is 0 Å². The van der Waals surface area contributed by atoms with Crippen molar-refractivity contribution < 1.29 is 4.74 Å². The lowest BCUT2D eigenvalue weighted by Gasteiger charge is -2.19.